The average molecular weight is 434 g/mol. The minimum absolute atomic E-state index is 0.0979. The summed E-state index contributed by atoms with van der Waals surface area (Å²) in [5.41, 5.74) is 7.30. The molecule has 4 rings (SSSR count). The van der Waals surface area contributed by atoms with Gasteiger partial charge in [-0.1, -0.05) is 11.8 Å². The number of nitriles is 1. The summed E-state index contributed by atoms with van der Waals surface area (Å²) in [5.74, 6) is 0. The lowest BCUT2D eigenvalue weighted by molar-refractivity contribution is -0.137. The number of nitrogens with two attached hydrogens (primary N) is 1. The third kappa shape index (κ3) is 4.36. The Morgan fingerprint density at radius 1 is 1.20 bits per heavy atom. The lowest BCUT2D eigenvalue weighted by Crippen LogP contribution is -2.41. The van der Waals surface area contributed by atoms with Crippen LogP contribution < -0.4 is 16.4 Å². The molecule has 1 saturated heterocycles. The predicted octanol–water partition coefficient (Wildman–Crippen LogP) is 4.62. The lowest BCUT2D eigenvalue weighted by Gasteiger charge is -2.34. The van der Waals surface area contributed by atoms with Gasteiger partial charge in [0.05, 0.1) is 34.3 Å². The molecule has 2 aromatic rings. The van der Waals surface area contributed by atoms with Crippen LogP contribution in [0.15, 0.2) is 40.1 Å². The molecule has 2 aromatic carbocycles. The zero-order chi connectivity index (χ0) is 21.3. The van der Waals surface area contributed by atoms with Crippen LogP contribution in [0.3, 0.4) is 0 Å². The number of rotatable bonds is 4. The number of piperidine rings is 1. The highest BCUT2D eigenvalue weighted by Crippen LogP contribution is 2.50. The van der Waals surface area contributed by atoms with E-state index in [1.807, 2.05) is 0 Å². The van der Waals surface area contributed by atoms with Crippen LogP contribution >= 0.6 is 11.8 Å². The first-order valence-electron chi connectivity index (χ1n) is 9.80. The average Bonchev–Trinajstić information content (AvgIpc) is 2.72. The number of fused-ring (bicyclic) bond motifs is 2. The number of likely N-dealkylation sites (tertiary alicyclic amines) is 1. The topological polar surface area (TPSA) is 77.1 Å². The second kappa shape index (κ2) is 8.38. The van der Waals surface area contributed by atoms with Crippen LogP contribution in [-0.2, 0) is 6.18 Å². The quantitative estimate of drug-likeness (QED) is 0.557. The Kier molecular flexibility index (Phi) is 5.82. The molecule has 0 amide bonds. The zero-order valence-corrected chi connectivity index (χ0v) is 17.0. The van der Waals surface area contributed by atoms with E-state index in [0.717, 1.165) is 43.1 Å². The number of hydrogen-bond donors (Lipinski definition) is 3. The van der Waals surface area contributed by atoms with Crippen molar-refractivity contribution in [2.75, 3.05) is 36.8 Å². The first-order chi connectivity index (χ1) is 14.4. The summed E-state index contributed by atoms with van der Waals surface area (Å²) in [6, 6.07) is 9.70. The molecular weight excluding hydrogens is 411 g/mol. The minimum atomic E-state index is -4.44. The van der Waals surface area contributed by atoms with Crippen molar-refractivity contribution < 1.29 is 13.2 Å². The second-order valence-corrected chi connectivity index (χ2v) is 8.58. The van der Waals surface area contributed by atoms with E-state index in [-0.39, 0.29) is 6.04 Å². The summed E-state index contributed by atoms with van der Waals surface area (Å²) in [7, 11) is 0. The fraction of sp³-hybridized carbons (Fsp3) is 0.381. The largest absolute Gasteiger partial charge is 0.416 e. The first-order valence-corrected chi connectivity index (χ1v) is 10.6. The molecule has 2 aliphatic heterocycles. The standard InChI is InChI=1S/C21H22F3N5S/c22-21(23,24)14-10-17(27-15-3-6-29(7-4-15)8-5-25)20-19(11-14)30-18-9-13(12-26)1-2-16(18)28-20/h1-2,9-11,15,27-28H,3-8,25H2. The number of nitrogens with one attached hydrogen (secondary N) is 2. The van der Waals surface area contributed by atoms with Gasteiger partial charge in [-0.05, 0) is 43.2 Å². The number of alkyl halides is 3. The molecule has 0 aromatic heterocycles. The number of halogens is 3. The van der Waals surface area contributed by atoms with Crippen LogP contribution in [0.5, 0.6) is 0 Å². The van der Waals surface area contributed by atoms with Crippen LogP contribution in [0.25, 0.3) is 0 Å². The first kappa shape index (κ1) is 20.8. The summed E-state index contributed by atoms with van der Waals surface area (Å²) in [5, 5.41) is 15.7. The van der Waals surface area contributed by atoms with Crippen LogP contribution in [0.1, 0.15) is 24.0 Å². The Bertz CT molecular complexity index is 978. The van der Waals surface area contributed by atoms with Gasteiger partial charge in [-0.3, -0.25) is 0 Å². The molecule has 0 aliphatic carbocycles. The summed E-state index contributed by atoms with van der Waals surface area (Å²) >= 11 is 1.25. The molecule has 0 bridgehead atoms. The molecule has 0 unspecified atom stereocenters. The Balaban J connectivity index is 1.63. The third-order valence-electron chi connectivity index (χ3n) is 5.41. The highest BCUT2D eigenvalue weighted by atomic mass is 32.2. The molecule has 0 saturated carbocycles. The summed E-state index contributed by atoms with van der Waals surface area (Å²) < 4.78 is 40.6. The monoisotopic (exact) mass is 433 g/mol. The van der Waals surface area contributed by atoms with E-state index in [4.69, 9.17) is 11.0 Å². The van der Waals surface area contributed by atoms with E-state index in [9.17, 15) is 13.2 Å². The van der Waals surface area contributed by atoms with Crippen molar-refractivity contribution in [1.82, 2.24) is 4.90 Å². The van der Waals surface area contributed by atoms with E-state index in [1.54, 1.807) is 18.2 Å². The van der Waals surface area contributed by atoms with Gasteiger partial charge in [0.1, 0.15) is 0 Å². The van der Waals surface area contributed by atoms with Crippen molar-refractivity contribution in [1.29, 1.82) is 5.26 Å². The minimum Gasteiger partial charge on any atom is -0.380 e. The lowest BCUT2D eigenvalue weighted by atomic mass is 10.0. The molecule has 9 heteroatoms. The second-order valence-electron chi connectivity index (χ2n) is 7.49. The molecule has 0 atom stereocenters. The van der Waals surface area contributed by atoms with Gasteiger partial charge < -0.3 is 21.3 Å². The molecule has 4 N–H and O–H groups in total. The maximum atomic E-state index is 13.5. The van der Waals surface area contributed by atoms with Gasteiger partial charge in [-0.2, -0.15) is 18.4 Å². The van der Waals surface area contributed by atoms with Gasteiger partial charge in [-0.15, -0.1) is 0 Å². The number of benzene rings is 2. The van der Waals surface area contributed by atoms with Gasteiger partial charge in [0.15, 0.2) is 0 Å². The Labute approximate surface area is 177 Å². The highest BCUT2D eigenvalue weighted by Gasteiger charge is 2.34. The predicted molar refractivity (Wildman–Crippen MR) is 112 cm³/mol. The number of nitrogens with zero attached hydrogens (tertiary/aromatic N) is 2. The van der Waals surface area contributed by atoms with E-state index in [1.165, 1.54) is 23.9 Å². The Morgan fingerprint density at radius 3 is 2.63 bits per heavy atom. The molecule has 158 valence electrons. The molecular formula is C21H22F3N5S. The molecule has 30 heavy (non-hydrogen) atoms. The smallest absolute Gasteiger partial charge is 0.380 e. The fourth-order valence-electron chi connectivity index (χ4n) is 3.84. The zero-order valence-electron chi connectivity index (χ0n) is 16.2. The van der Waals surface area contributed by atoms with Gasteiger partial charge in [0, 0.05) is 42.0 Å². The van der Waals surface area contributed by atoms with Crippen molar-refractivity contribution in [3.05, 3.63) is 41.5 Å². The van der Waals surface area contributed by atoms with Crippen molar-refractivity contribution in [2.24, 2.45) is 5.73 Å². The van der Waals surface area contributed by atoms with E-state index in [2.05, 4.69) is 21.6 Å². The maximum absolute atomic E-state index is 13.5. The number of hydrogen-bond acceptors (Lipinski definition) is 6. The van der Waals surface area contributed by atoms with Gasteiger partial charge in [-0.25, -0.2) is 0 Å². The van der Waals surface area contributed by atoms with Crippen molar-refractivity contribution in [3.8, 4) is 6.07 Å². The normalized spacial score (nSPS) is 16.9. The van der Waals surface area contributed by atoms with Gasteiger partial charge in [0.2, 0.25) is 0 Å². The van der Waals surface area contributed by atoms with Crippen LogP contribution in [0, 0.1) is 11.3 Å². The van der Waals surface area contributed by atoms with Crippen molar-refractivity contribution >= 4 is 28.8 Å². The number of anilines is 3. The SMILES string of the molecule is N#Cc1ccc2c(c1)Sc1cc(C(F)(F)F)cc(NC3CCN(CCN)CC3)c1N2. The summed E-state index contributed by atoms with van der Waals surface area (Å²) in [4.78, 5) is 3.51. The van der Waals surface area contributed by atoms with Crippen molar-refractivity contribution in [3.63, 3.8) is 0 Å². The third-order valence-corrected chi connectivity index (χ3v) is 6.51. The van der Waals surface area contributed by atoms with Crippen molar-refractivity contribution in [2.45, 2.75) is 34.9 Å². The van der Waals surface area contributed by atoms with Crippen LogP contribution in [-0.4, -0.2) is 37.1 Å². The van der Waals surface area contributed by atoms with Gasteiger partial charge in [0.25, 0.3) is 0 Å². The summed E-state index contributed by atoms with van der Waals surface area (Å²) in [6.45, 7) is 3.19. The molecule has 5 nitrogen and oxygen atoms in total. The van der Waals surface area contributed by atoms with Crippen LogP contribution in [0.4, 0.5) is 30.2 Å². The highest BCUT2D eigenvalue weighted by molar-refractivity contribution is 7.99. The Morgan fingerprint density at radius 2 is 1.97 bits per heavy atom. The van der Waals surface area contributed by atoms with E-state index < -0.39 is 11.7 Å². The summed E-state index contributed by atoms with van der Waals surface area (Å²) in [6.07, 6.45) is -2.74. The molecule has 2 aliphatic rings. The van der Waals surface area contributed by atoms with E-state index >= 15 is 0 Å². The molecule has 1 fully saturated rings. The molecule has 0 spiro atoms. The maximum Gasteiger partial charge on any atom is 0.416 e. The molecule has 2 heterocycles. The van der Waals surface area contributed by atoms with Crippen LogP contribution in [0.2, 0.25) is 0 Å². The van der Waals surface area contributed by atoms with Gasteiger partial charge >= 0.3 is 6.18 Å². The van der Waals surface area contributed by atoms with E-state index in [0.29, 0.717) is 28.4 Å². The fourth-order valence-corrected chi connectivity index (χ4v) is 4.94. The molecule has 0 radical (unpaired) electrons. The Hall–Kier alpha value is -2.41.